The van der Waals surface area contributed by atoms with E-state index in [4.69, 9.17) is 10.8 Å². The van der Waals surface area contributed by atoms with Gasteiger partial charge in [0, 0.05) is 6.42 Å². The zero-order chi connectivity index (χ0) is 25.7. The molecule has 0 saturated carbocycles. The van der Waals surface area contributed by atoms with Gasteiger partial charge in [0.2, 0.25) is 17.7 Å². The number of carbonyl (C=O) groups is 5. The molecule has 8 N–H and O–H groups in total. The molecule has 0 aliphatic rings. The standard InChI is InChI=1S/C20H36N4O8S/c1-10(2)9-14(18(29)23-13(20(31)32)5-6-15(26)27)24-17(28)12(7-8-33-4)22-19(30)16(21)11(3)25/h10-14,16,25H,5-9,21H2,1-4H3,(H,22,30)(H,23,29)(H,24,28)(H,26,27)(H,31,32). The van der Waals surface area contributed by atoms with Crippen LogP contribution in [0.1, 0.15) is 46.5 Å². The van der Waals surface area contributed by atoms with Gasteiger partial charge in [0.15, 0.2) is 0 Å². The van der Waals surface area contributed by atoms with Gasteiger partial charge in [-0.15, -0.1) is 0 Å². The molecule has 0 aliphatic heterocycles. The van der Waals surface area contributed by atoms with Gasteiger partial charge in [0.25, 0.3) is 0 Å². The van der Waals surface area contributed by atoms with Crippen LogP contribution >= 0.6 is 11.8 Å². The van der Waals surface area contributed by atoms with Crippen molar-refractivity contribution in [1.82, 2.24) is 16.0 Å². The van der Waals surface area contributed by atoms with Crippen LogP contribution in [0.4, 0.5) is 0 Å². The normalized spacial score (nSPS) is 15.6. The highest BCUT2D eigenvalue weighted by Crippen LogP contribution is 2.09. The Morgan fingerprint density at radius 2 is 1.36 bits per heavy atom. The number of nitrogens with one attached hydrogen (secondary N) is 3. The molecule has 33 heavy (non-hydrogen) atoms. The molecule has 0 spiro atoms. The first-order valence-corrected chi connectivity index (χ1v) is 12.0. The van der Waals surface area contributed by atoms with E-state index in [9.17, 15) is 34.2 Å². The molecule has 5 atom stereocenters. The number of amides is 3. The Kier molecular flexibility index (Phi) is 14.3. The highest BCUT2D eigenvalue weighted by Gasteiger charge is 2.31. The average Bonchev–Trinajstić information content (AvgIpc) is 2.71. The van der Waals surface area contributed by atoms with Crippen LogP contribution in [0, 0.1) is 5.92 Å². The second kappa shape index (κ2) is 15.5. The minimum Gasteiger partial charge on any atom is -0.481 e. The van der Waals surface area contributed by atoms with Crippen molar-refractivity contribution in [3.63, 3.8) is 0 Å². The number of rotatable bonds is 16. The summed E-state index contributed by atoms with van der Waals surface area (Å²) in [5.41, 5.74) is 5.62. The van der Waals surface area contributed by atoms with Crippen molar-refractivity contribution in [3.05, 3.63) is 0 Å². The second-order valence-electron chi connectivity index (χ2n) is 8.13. The molecule has 0 aliphatic carbocycles. The van der Waals surface area contributed by atoms with Gasteiger partial charge in [-0.3, -0.25) is 19.2 Å². The minimum atomic E-state index is -1.43. The fourth-order valence-electron chi connectivity index (χ4n) is 2.76. The van der Waals surface area contributed by atoms with Crippen molar-refractivity contribution in [3.8, 4) is 0 Å². The van der Waals surface area contributed by atoms with Gasteiger partial charge in [0.1, 0.15) is 24.2 Å². The predicted molar refractivity (Wildman–Crippen MR) is 122 cm³/mol. The Morgan fingerprint density at radius 1 is 0.848 bits per heavy atom. The number of carboxylic acids is 2. The lowest BCUT2D eigenvalue weighted by molar-refractivity contribution is -0.143. The summed E-state index contributed by atoms with van der Waals surface area (Å²) in [6, 6.07) is -4.81. The molecule has 0 saturated heterocycles. The molecule has 0 rings (SSSR count). The summed E-state index contributed by atoms with van der Waals surface area (Å²) in [4.78, 5) is 60.0. The first kappa shape index (κ1) is 30.6. The van der Waals surface area contributed by atoms with Gasteiger partial charge in [-0.2, -0.15) is 11.8 Å². The lowest BCUT2D eigenvalue weighted by atomic mass is 10.0. The third-order valence-electron chi connectivity index (χ3n) is 4.67. The summed E-state index contributed by atoms with van der Waals surface area (Å²) in [7, 11) is 0. The number of aliphatic hydroxyl groups excluding tert-OH is 1. The molecule has 0 aromatic carbocycles. The number of thioether (sulfide) groups is 1. The molecule has 0 heterocycles. The summed E-state index contributed by atoms with van der Waals surface area (Å²) in [6.45, 7) is 4.95. The van der Waals surface area contributed by atoms with Crippen molar-refractivity contribution in [2.24, 2.45) is 11.7 Å². The first-order valence-electron chi connectivity index (χ1n) is 10.6. The minimum absolute atomic E-state index is 0.0498. The van der Waals surface area contributed by atoms with Crippen molar-refractivity contribution in [2.75, 3.05) is 12.0 Å². The molecule has 0 aromatic rings. The van der Waals surface area contributed by atoms with Gasteiger partial charge in [-0.1, -0.05) is 13.8 Å². The quantitative estimate of drug-likeness (QED) is 0.138. The Bertz CT molecular complexity index is 689. The van der Waals surface area contributed by atoms with Crippen molar-refractivity contribution in [1.29, 1.82) is 0 Å². The predicted octanol–water partition coefficient (Wildman–Crippen LogP) is -1.10. The van der Waals surface area contributed by atoms with Crippen molar-refractivity contribution >= 4 is 41.4 Å². The molecule has 5 unspecified atom stereocenters. The van der Waals surface area contributed by atoms with E-state index in [0.717, 1.165) is 0 Å². The van der Waals surface area contributed by atoms with E-state index in [-0.39, 0.29) is 25.2 Å². The topological polar surface area (TPSA) is 208 Å². The smallest absolute Gasteiger partial charge is 0.326 e. The fraction of sp³-hybridized carbons (Fsp3) is 0.750. The van der Waals surface area contributed by atoms with Gasteiger partial charge >= 0.3 is 11.9 Å². The van der Waals surface area contributed by atoms with Crippen LogP contribution < -0.4 is 21.7 Å². The highest BCUT2D eigenvalue weighted by molar-refractivity contribution is 7.98. The Hall–Kier alpha value is -2.38. The highest BCUT2D eigenvalue weighted by atomic mass is 32.2. The summed E-state index contributed by atoms with van der Waals surface area (Å²) >= 11 is 1.44. The second-order valence-corrected chi connectivity index (χ2v) is 9.12. The van der Waals surface area contributed by atoms with E-state index in [1.54, 1.807) is 13.8 Å². The molecule has 190 valence electrons. The zero-order valence-corrected chi connectivity index (χ0v) is 20.2. The van der Waals surface area contributed by atoms with Crippen LogP contribution in [0.3, 0.4) is 0 Å². The van der Waals surface area contributed by atoms with Crippen LogP contribution in [0.2, 0.25) is 0 Å². The molecule has 0 aromatic heterocycles. The SMILES string of the molecule is CSCCC(NC(=O)C(N)C(C)O)C(=O)NC(CC(C)C)C(=O)NC(CCC(=O)O)C(=O)O. The lowest BCUT2D eigenvalue weighted by Gasteiger charge is -2.26. The van der Waals surface area contributed by atoms with Gasteiger partial charge in [-0.05, 0) is 44.1 Å². The molecule has 0 bridgehead atoms. The number of hydrogen-bond acceptors (Lipinski definition) is 8. The average molecular weight is 493 g/mol. The van der Waals surface area contributed by atoms with Gasteiger partial charge < -0.3 is 37.0 Å². The number of aliphatic carboxylic acids is 2. The van der Waals surface area contributed by atoms with Crippen LogP contribution in [0.5, 0.6) is 0 Å². The van der Waals surface area contributed by atoms with E-state index in [0.29, 0.717) is 5.75 Å². The number of nitrogens with two attached hydrogens (primary N) is 1. The maximum absolute atomic E-state index is 12.9. The number of hydrogen-bond donors (Lipinski definition) is 7. The third kappa shape index (κ3) is 12.4. The molecule has 0 radical (unpaired) electrons. The molecule has 12 nitrogen and oxygen atoms in total. The number of carboxylic acid groups (broad SMARTS) is 2. The van der Waals surface area contributed by atoms with E-state index < -0.39 is 66.4 Å². The van der Waals surface area contributed by atoms with E-state index in [1.807, 2.05) is 6.26 Å². The van der Waals surface area contributed by atoms with E-state index >= 15 is 0 Å². The monoisotopic (exact) mass is 492 g/mol. The van der Waals surface area contributed by atoms with E-state index in [2.05, 4.69) is 16.0 Å². The summed E-state index contributed by atoms with van der Waals surface area (Å²) in [5.74, 6) is -4.29. The maximum Gasteiger partial charge on any atom is 0.326 e. The summed E-state index contributed by atoms with van der Waals surface area (Å²) in [5, 5.41) is 34.9. The Balaban J connectivity index is 5.47. The largest absolute Gasteiger partial charge is 0.481 e. The summed E-state index contributed by atoms with van der Waals surface area (Å²) in [6.07, 6.45) is 0.327. The van der Waals surface area contributed by atoms with Gasteiger partial charge in [0.05, 0.1) is 6.10 Å². The Labute approximate surface area is 197 Å². The maximum atomic E-state index is 12.9. The molecule has 3 amide bonds. The molecule has 13 heteroatoms. The van der Waals surface area contributed by atoms with Crippen LogP contribution in [0.15, 0.2) is 0 Å². The van der Waals surface area contributed by atoms with Crippen molar-refractivity contribution in [2.45, 2.75) is 76.7 Å². The third-order valence-corrected chi connectivity index (χ3v) is 5.31. The molecular formula is C20H36N4O8S. The number of aliphatic hydroxyl groups is 1. The lowest BCUT2D eigenvalue weighted by Crippen LogP contribution is -2.58. The molecular weight excluding hydrogens is 456 g/mol. The first-order chi connectivity index (χ1) is 15.3. The Morgan fingerprint density at radius 3 is 1.82 bits per heavy atom. The summed E-state index contributed by atoms with van der Waals surface area (Å²) < 4.78 is 0. The zero-order valence-electron chi connectivity index (χ0n) is 19.4. The van der Waals surface area contributed by atoms with Crippen LogP contribution in [-0.4, -0.2) is 87.3 Å². The van der Waals surface area contributed by atoms with Crippen molar-refractivity contribution < 1.29 is 39.3 Å². The van der Waals surface area contributed by atoms with Gasteiger partial charge in [-0.25, -0.2) is 4.79 Å². The van der Waals surface area contributed by atoms with Crippen LogP contribution in [-0.2, 0) is 24.0 Å². The van der Waals surface area contributed by atoms with E-state index in [1.165, 1.54) is 18.7 Å². The van der Waals surface area contributed by atoms with Crippen LogP contribution in [0.25, 0.3) is 0 Å². The molecule has 0 fully saturated rings. The fourth-order valence-corrected chi connectivity index (χ4v) is 3.24. The number of carbonyl (C=O) groups excluding carboxylic acids is 3.